The molecular formula is C24H25NO4SSe. The minimum atomic E-state index is -0.613. The fourth-order valence-corrected chi connectivity index (χ4v) is 5.10. The van der Waals surface area contributed by atoms with Crippen LogP contribution in [0.15, 0.2) is 76.3 Å². The zero-order chi connectivity index (χ0) is 22.5. The van der Waals surface area contributed by atoms with Crippen LogP contribution in [0.3, 0.4) is 0 Å². The number of methoxy groups -OCH3 is 2. The van der Waals surface area contributed by atoms with Gasteiger partial charge in [0.1, 0.15) is 0 Å². The Bertz CT molecular complexity index is 1050. The van der Waals surface area contributed by atoms with E-state index in [1.54, 1.807) is 11.8 Å². The number of ether oxygens (including phenoxy) is 2. The van der Waals surface area contributed by atoms with E-state index in [9.17, 15) is 9.59 Å². The van der Waals surface area contributed by atoms with Crippen LogP contribution in [0.5, 0.6) is 0 Å². The zero-order valence-corrected chi connectivity index (χ0v) is 20.6. The average Bonchev–Trinajstić information content (AvgIpc) is 2.82. The second-order valence-electron chi connectivity index (χ2n) is 6.89. The van der Waals surface area contributed by atoms with Gasteiger partial charge in [-0.3, -0.25) is 0 Å². The summed E-state index contributed by atoms with van der Waals surface area (Å²) in [7, 11) is 2.72. The molecule has 0 N–H and O–H groups in total. The Morgan fingerprint density at radius 1 is 1.00 bits per heavy atom. The first-order chi connectivity index (χ1) is 15.0. The third kappa shape index (κ3) is 4.45. The number of hydrogen-bond acceptors (Lipinski definition) is 6. The first-order valence-electron chi connectivity index (χ1n) is 9.67. The molecule has 1 unspecified atom stereocenters. The quantitative estimate of drug-likeness (QED) is 0.341. The molecule has 31 heavy (non-hydrogen) atoms. The van der Waals surface area contributed by atoms with E-state index in [4.69, 9.17) is 9.47 Å². The molecule has 0 radical (unpaired) electrons. The van der Waals surface area contributed by atoms with Gasteiger partial charge in [0.25, 0.3) is 0 Å². The molecule has 1 aliphatic rings. The summed E-state index contributed by atoms with van der Waals surface area (Å²) in [4.78, 5) is 29.2. The zero-order valence-electron chi connectivity index (χ0n) is 17.9. The van der Waals surface area contributed by atoms with Gasteiger partial charge in [-0.05, 0) is 0 Å². The van der Waals surface area contributed by atoms with Gasteiger partial charge in [-0.1, -0.05) is 0 Å². The van der Waals surface area contributed by atoms with Gasteiger partial charge in [0.05, 0.1) is 0 Å². The van der Waals surface area contributed by atoms with Crippen LogP contribution in [-0.2, 0) is 19.1 Å². The summed E-state index contributed by atoms with van der Waals surface area (Å²) in [5.41, 5.74) is 4.57. The monoisotopic (exact) mass is 503 g/mol. The van der Waals surface area contributed by atoms with Gasteiger partial charge in [0.2, 0.25) is 0 Å². The van der Waals surface area contributed by atoms with E-state index in [1.807, 2.05) is 72.7 Å². The molecule has 0 spiro atoms. The fraction of sp³-hybridized carbons (Fsp3) is 0.250. The van der Waals surface area contributed by atoms with E-state index in [1.165, 1.54) is 14.2 Å². The Morgan fingerprint density at radius 2 is 1.65 bits per heavy atom. The van der Waals surface area contributed by atoms with Gasteiger partial charge < -0.3 is 0 Å². The molecule has 0 aromatic heterocycles. The van der Waals surface area contributed by atoms with Gasteiger partial charge in [0, 0.05) is 0 Å². The molecule has 1 aliphatic heterocycles. The summed E-state index contributed by atoms with van der Waals surface area (Å²) >= 11 is 4.11. The molecule has 2 aromatic carbocycles. The van der Waals surface area contributed by atoms with Crippen molar-refractivity contribution >= 4 is 45.4 Å². The molecule has 0 fully saturated rings. The Morgan fingerprint density at radius 3 is 2.23 bits per heavy atom. The first kappa shape index (κ1) is 23.2. The van der Waals surface area contributed by atoms with E-state index >= 15 is 0 Å². The predicted molar refractivity (Wildman–Crippen MR) is 125 cm³/mol. The molecule has 3 rings (SSSR count). The maximum atomic E-state index is 13.2. The van der Waals surface area contributed by atoms with Crippen LogP contribution < -0.4 is 0 Å². The molecule has 1 heterocycles. The molecular weight excluding hydrogens is 477 g/mol. The molecule has 0 bridgehead atoms. The molecule has 0 saturated heterocycles. The first-order valence-corrected chi connectivity index (χ1v) is 12.2. The number of hydrogen-bond donors (Lipinski definition) is 0. The molecule has 2 aromatic rings. The van der Waals surface area contributed by atoms with Crippen LogP contribution in [0.4, 0.5) is 0 Å². The van der Waals surface area contributed by atoms with E-state index in [-0.39, 0.29) is 0 Å². The number of benzene rings is 2. The van der Waals surface area contributed by atoms with Gasteiger partial charge >= 0.3 is 196 Å². The summed E-state index contributed by atoms with van der Waals surface area (Å²) in [6.45, 7) is 1.89. The Kier molecular flexibility index (Phi) is 7.65. The molecule has 162 valence electrons. The number of esters is 2. The van der Waals surface area contributed by atoms with Gasteiger partial charge in [-0.2, -0.15) is 0 Å². The van der Waals surface area contributed by atoms with Crippen LogP contribution in [0.1, 0.15) is 24.0 Å². The van der Waals surface area contributed by atoms with Crippen molar-refractivity contribution in [2.45, 2.75) is 17.7 Å². The van der Waals surface area contributed by atoms with Crippen LogP contribution >= 0.6 is 11.8 Å². The molecule has 7 heteroatoms. The topological polar surface area (TPSA) is 55.8 Å². The van der Waals surface area contributed by atoms with Gasteiger partial charge in [-0.15, -0.1) is 0 Å². The number of carbonyl (C=O) groups excluding carboxylic acids is 2. The maximum absolute atomic E-state index is 13.2. The molecule has 0 saturated carbocycles. The van der Waals surface area contributed by atoms with Crippen molar-refractivity contribution < 1.29 is 19.1 Å². The molecule has 5 nitrogen and oxygen atoms in total. The molecule has 0 aliphatic carbocycles. The average molecular weight is 502 g/mol. The Labute approximate surface area is 195 Å². The van der Waals surface area contributed by atoms with E-state index in [0.29, 0.717) is 16.6 Å². The second-order valence-corrected chi connectivity index (χ2v) is 8.36. The molecule has 0 amide bonds. The van der Waals surface area contributed by atoms with Gasteiger partial charge in [0.15, 0.2) is 0 Å². The summed E-state index contributed by atoms with van der Waals surface area (Å²) in [5, 5.41) is 0. The summed E-state index contributed by atoms with van der Waals surface area (Å²) in [5.74, 6) is -1.55. The second kappa shape index (κ2) is 10.2. The van der Waals surface area contributed by atoms with Crippen molar-refractivity contribution in [1.29, 1.82) is 0 Å². The normalized spacial score (nSPS) is 16.4. The number of rotatable bonds is 6. The third-order valence-corrected chi connectivity index (χ3v) is 6.64. The Hall–Kier alpha value is -2.47. The van der Waals surface area contributed by atoms with Crippen molar-refractivity contribution in [2.75, 3.05) is 25.9 Å². The standard InChI is InChI=1S/C24H25NO4SSe/c1-15-19(23(26)28-2)20(17-11-8-12-18(13-17)30-4)21(24(27)29-3)22(25(15)14-31)16-9-6-5-7-10-16/h5-13,20,31H,14H2,1-4H3. The summed E-state index contributed by atoms with van der Waals surface area (Å²) < 4.78 is 10.4. The van der Waals surface area contributed by atoms with Crippen LogP contribution in [0, 0.1) is 0 Å². The number of carbonyl (C=O) groups is 2. The van der Waals surface area contributed by atoms with E-state index in [2.05, 4.69) is 16.0 Å². The number of allylic oxidation sites excluding steroid dienone is 1. The SMILES string of the molecule is COC(=O)C1=C(C)N(C[SeH])C(c2ccccc2)=C(C(=O)OC)C1c1cccc(SC)c1. The van der Waals surface area contributed by atoms with Crippen molar-refractivity contribution in [3.63, 3.8) is 0 Å². The number of thioether (sulfide) groups is 1. The number of nitrogens with zero attached hydrogens (tertiary/aromatic N) is 1. The summed E-state index contributed by atoms with van der Waals surface area (Å²) in [6, 6.07) is 17.6. The third-order valence-electron chi connectivity index (χ3n) is 5.32. The predicted octanol–water partition coefficient (Wildman–Crippen LogP) is 3.70. The van der Waals surface area contributed by atoms with Crippen LogP contribution in [-0.4, -0.2) is 58.8 Å². The van der Waals surface area contributed by atoms with E-state index < -0.39 is 17.9 Å². The van der Waals surface area contributed by atoms with Crippen molar-refractivity contribution in [2.24, 2.45) is 0 Å². The Balaban J connectivity index is 2.41. The minimum absolute atomic E-state index is 0.420. The van der Waals surface area contributed by atoms with Crippen LogP contribution in [0.2, 0.25) is 0 Å². The van der Waals surface area contributed by atoms with E-state index in [0.717, 1.165) is 27.4 Å². The van der Waals surface area contributed by atoms with Crippen molar-refractivity contribution in [1.82, 2.24) is 4.90 Å². The van der Waals surface area contributed by atoms with Crippen LogP contribution in [0.25, 0.3) is 5.70 Å². The summed E-state index contributed by atoms with van der Waals surface area (Å²) in [6.07, 6.45) is 1.99. The van der Waals surface area contributed by atoms with Crippen molar-refractivity contribution in [3.05, 3.63) is 82.6 Å². The fourth-order valence-electron chi connectivity index (χ4n) is 3.89. The van der Waals surface area contributed by atoms with Crippen molar-refractivity contribution in [3.8, 4) is 0 Å². The van der Waals surface area contributed by atoms with Gasteiger partial charge in [-0.25, -0.2) is 0 Å². The molecule has 1 atom stereocenters.